The summed E-state index contributed by atoms with van der Waals surface area (Å²) in [7, 11) is 0. The molecule has 1 aromatic rings. The number of ether oxygens (including phenoxy) is 2. The van der Waals surface area contributed by atoms with E-state index < -0.39 is 6.10 Å². The molecule has 0 fully saturated rings. The number of nitrogens with two attached hydrogens (primary N) is 1. The lowest BCUT2D eigenvalue weighted by atomic mass is 10.2. The summed E-state index contributed by atoms with van der Waals surface area (Å²) in [6, 6.07) is 5.43. The van der Waals surface area contributed by atoms with Crippen molar-refractivity contribution in [1.29, 1.82) is 0 Å². The monoisotopic (exact) mass is 223 g/mol. The minimum absolute atomic E-state index is 0.343. The second-order valence-electron chi connectivity index (χ2n) is 3.55. The first-order valence-electron chi connectivity index (χ1n) is 5.24. The molecule has 0 spiro atoms. The Hall–Kier alpha value is -1.71. The number of aryl methyl sites for hydroxylation is 1. The lowest BCUT2D eigenvalue weighted by Crippen LogP contribution is -2.26. The van der Waals surface area contributed by atoms with Crippen molar-refractivity contribution in [3.05, 3.63) is 23.8 Å². The Morgan fingerprint density at radius 3 is 2.75 bits per heavy atom. The molecule has 0 radical (unpaired) electrons. The molecule has 1 atom stereocenters. The highest BCUT2D eigenvalue weighted by Gasteiger charge is 2.16. The fourth-order valence-corrected chi connectivity index (χ4v) is 1.27. The summed E-state index contributed by atoms with van der Waals surface area (Å²) >= 11 is 0. The van der Waals surface area contributed by atoms with E-state index in [4.69, 9.17) is 15.2 Å². The third-order valence-corrected chi connectivity index (χ3v) is 2.09. The van der Waals surface area contributed by atoms with Crippen LogP contribution in [0.2, 0.25) is 0 Å². The molecule has 4 heteroatoms. The Morgan fingerprint density at radius 1 is 1.50 bits per heavy atom. The highest BCUT2D eigenvalue weighted by atomic mass is 16.6. The number of esters is 1. The number of anilines is 1. The van der Waals surface area contributed by atoms with Crippen molar-refractivity contribution in [3.8, 4) is 5.75 Å². The topological polar surface area (TPSA) is 61.5 Å². The van der Waals surface area contributed by atoms with Crippen molar-refractivity contribution in [2.75, 3.05) is 12.3 Å². The molecule has 0 heterocycles. The van der Waals surface area contributed by atoms with Gasteiger partial charge in [-0.1, -0.05) is 6.07 Å². The molecule has 0 aromatic heterocycles. The van der Waals surface area contributed by atoms with Crippen LogP contribution in [0.25, 0.3) is 0 Å². The number of rotatable bonds is 4. The van der Waals surface area contributed by atoms with Gasteiger partial charge in [0.25, 0.3) is 0 Å². The van der Waals surface area contributed by atoms with Crippen LogP contribution in [0.3, 0.4) is 0 Å². The largest absolute Gasteiger partial charge is 0.477 e. The number of hydrogen-bond acceptors (Lipinski definition) is 4. The number of carbonyl (C=O) groups excluding carboxylic acids is 1. The number of nitrogen functional groups attached to an aromatic ring is 1. The number of hydrogen-bond donors (Lipinski definition) is 1. The minimum Gasteiger partial charge on any atom is -0.477 e. The molecule has 0 aliphatic rings. The van der Waals surface area contributed by atoms with E-state index >= 15 is 0 Å². The van der Waals surface area contributed by atoms with E-state index in [0.29, 0.717) is 18.0 Å². The highest BCUT2D eigenvalue weighted by Crippen LogP contribution is 2.23. The van der Waals surface area contributed by atoms with Crippen molar-refractivity contribution >= 4 is 11.7 Å². The van der Waals surface area contributed by atoms with Gasteiger partial charge in [-0.25, -0.2) is 4.79 Å². The van der Waals surface area contributed by atoms with Gasteiger partial charge in [0.2, 0.25) is 0 Å². The molecule has 0 aliphatic carbocycles. The first-order chi connectivity index (χ1) is 7.54. The van der Waals surface area contributed by atoms with Crippen molar-refractivity contribution in [2.24, 2.45) is 0 Å². The quantitative estimate of drug-likeness (QED) is 0.625. The maximum Gasteiger partial charge on any atom is 0.347 e. The van der Waals surface area contributed by atoms with Gasteiger partial charge in [0.15, 0.2) is 6.10 Å². The maximum absolute atomic E-state index is 11.3. The smallest absolute Gasteiger partial charge is 0.347 e. The van der Waals surface area contributed by atoms with Gasteiger partial charge in [-0.05, 0) is 38.5 Å². The second-order valence-corrected chi connectivity index (χ2v) is 3.55. The van der Waals surface area contributed by atoms with Crippen LogP contribution in [0.15, 0.2) is 18.2 Å². The molecule has 0 aliphatic heterocycles. The highest BCUT2D eigenvalue weighted by molar-refractivity contribution is 5.75. The molecule has 2 N–H and O–H groups in total. The van der Waals surface area contributed by atoms with E-state index in [1.54, 1.807) is 26.0 Å². The molecule has 1 unspecified atom stereocenters. The Labute approximate surface area is 95.3 Å². The lowest BCUT2D eigenvalue weighted by Gasteiger charge is -2.15. The molecule has 0 saturated carbocycles. The molecule has 88 valence electrons. The first kappa shape index (κ1) is 12.4. The Kier molecular flexibility index (Phi) is 4.17. The van der Waals surface area contributed by atoms with Crippen LogP contribution in [0.4, 0.5) is 5.69 Å². The zero-order chi connectivity index (χ0) is 12.1. The predicted molar refractivity (Wildman–Crippen MR) is 62.3 cm³/mol. The van der Waals surface area contributed by atoms with E-state index in [-0.39, 0.29) is 5.97 Å². The summed E-state index contributed by atoms with van der Waals surface area (Å²) in [5.41, 5.74) is 7.34. The fraction of sp³-hybridized carbons (Fsp3) is 0.417. The average molecular weight is 223 g/mol. The van der Waals surface area contributed by atoms with Gasteiger partial charge in [-0.3, -0.25) is 0 Å². The van der Waals surface area contributed by atoms with Crippen LogP contribution in [-0.2, 0) is 9.53 Å². The fourth-order valence-electron chi connectivity index (χ4n) is 1.27. The maximum atomic E-state index is 11.3. The molecule has 0 amide bonds. The van der Waals surface area contributed by atoms with Crippen LogP contribution in [0, 0.1) is 6.92 Å². The molecule has 0 bridgehead atoms. The van der Waals surface area contributed by atoms with Crippen molar-refractivity contribution in [1.82, 2.24) is 0 Å². The summed E-state index contributed by atoms with van der Waals surface area (Å²) in [6.45, 7) is 5.67. The standard InChI is InChI=1S/C12H17NO3/c1-4-15-12(14)9(3)16-11-6-5-8(2)7-10(11)13/h5-7,9H,4,13H2,1-3H3. The first-order valence-corrected chi connectivity index (χ1v) is 5.24. The Balaban J connectivity index is 2.69. The zero-order valence-electron chi connectivity index (χ0n) is 9.82. The summed E-state index contributed by atoms with van der Waals surface area (Å²) in [6.07, 6.45) is -0.648. The predicted octanol–water partition coefficient (Wildman–Crippen LogP) is 1.91. The van der Waals surface area contributed by atoms with Crippen molar-refractivity contribution in [2.45, 2.75) is 26.9 Å². The summed E-state index contributed by atoms with van der Waals surface area (Å²) in [5, 5.41) is 0. The molecule has 0 saturated heterocycles. The van der Waals surface area contributed by atoms with E-state index in [9.17, 15) is 4.79 Å². The summed E-state index contributed by atoms with van der Waals surface area (Å²) in [4.78, 5) is 11.3. The summed E-state index contributed by atoms with van der Waals surface area (Å²) in [5.74, 6) is 0.119. The SMILES string of the molecule is CCOC(=O)C(C)Oc1ccc(C)cc1N. The van der Waals surface area contributed by atoms with Gasteiger partial charge >= 0.3 is 5.97 Å². The van der Waals surface area contributed by atoms with Gasteiger partial charge in [0, 0.05) is 0 Å². The molecule has 1 aromatic carbocycles. The summed E-state index contributed by atoms with van der Waals surface area (Å²) < 4.78 is 10.2. The molecule has 4 nitrogen and oxygen atoms in total. The van der Waals surface area contributed by atoms with Crippen molar-refractivity contribution < 1.29 is 14.3 Å². The Bertz CT molecular complexity index is 377. The number of carbonyl (C=O) groups is 1. The third kappa shape index (κ3) is 3.15. The van der Waals surface area contributed by atoms with Gasteiger partial charge in [0.05, 0.1) is 12.3 Å². The average Bonchev–Trinajstić information content (AvgIpc) is 2.22. The van der Waals surface area contributed by atoms with Gasteiger partial charge in [0.1, 0.15) is 5.75 Å². The normalized spacial score (nSPS) is 11.9. The van der Waals surface area contributed by atoms with Crippen LogP contribution in [-0.4, -0.2) is 18.7 Å². The van der Waals surface area contributed by atoms with Gasteiger partial charge < -0.3 is 15.2 Å². The van der Waals surface area contributed by atoms with E-state index in [0.717, 1.165) is 5.56 Å². The lowest BCUT2D eigenvalue weighted by molar-refractivity contribution is -0.150. The van der Waals surface area contributed by atoms with Crippen LogP contribution in [0.5, 0.6) is 5.75 Å². The van der Waals surface area contributed by atoms with Crippen LogP contribution >= 0.6 is 0 Å². The van der Waals surface area contributed by atoms with Gasteiger partial charge in [-0.15, -0.1) is 0 Å². The molecular formula is C12H17NO3. The molecule has 16 heavy (non-hydrogen) atoms. The van der Waals surface area contributed by atoms with Crippen LogP contribution < -0.4 is 10.5 Å². The van der Waals surface area contributed by atoms with E-state index in [2.05, 4.69) is 0 Å². The van der Waals surface area contributed by atoms with Crippen LogP contribution in [0.1, 0.15) is 19.4 Å². The second kappa shape index (κ2) is 5.39. The number of benzene rings is 1. The third-order valence-electron chi connectivity index (χ3n) is 2.09. The van der Waals surface area contributed by atoms with E-state index in [1.165, 1.54) is 0 Å². The van der Waals surface area contributed by atoms with Gasteiger partial charge in [-0.2, -0.15) is 0 Å². The minimum atomic E-state index is -0.648. The Morgan fingerprint density at radius 2 is 2.19 bits per heavy atom. The van der Waals surface area contributed by atoms with Crippen molar-refractivity contribution in [3.63, 3.8) is 0 Å². The zero-order valence-corrected chi connectivity index (χ0v) is 9.82. The molecular weight excluding hydrogens is 206 g/mol. The van der Waals surface area contributed by atoms with E-state index in [1.807, 2.05) is 13.0 Å². The molecule has 1 rings (SSSR count).